The van der Waals surface area contributed by atoms with E-state index in [4.69, 9.17) is 14.6 Å². The molecule has 1 aromatic carbocycles. The minimum absolute atomic E-state index is 0.351. The average molecular weight is 320 g/mol. The lowest BCUT2D eigenvalue weighted by Crippen LogP contribution is -2.23. The zero-order chi connectivity index (χ0) is 15.9. The molecule has 8 heteroatoms. The molecule has 114 valence electrons. The van der Waals surface area contributed by atoms with Crippen LogP contribution in [0.2, 0.25) is 0 Å². The van der Waals surface area contributed by atoms with Crippen LogP contribution in [0.3, 0.4) is 0 Å². The lowest BCUT2D eigenvalue weighted by Gasteiger charge is -2.17. The van der Waals surface area contributed by atoms with Gasteiger partial charge in [-0.2, -0.15) is 0 Å². The Morgan fingerprint density at radius 2 is 2.00 bits per heavy atom. The van der Waals surface area contributed by atoms with Gasteiger partial charge in [-0.1, -0.05) is 0 Å². The largest absolute Gasteiger partial charge is 0.475 e. The molecule has 3 rings (SSSR count). The van der Waals surface area contributed by atoms with Crippen LogP contribution in [0.1, 0.15) is 13.8 Å². The van der Waals surface area contributed by atoms with Crippen LogP contribution < -0.4 is 5.32 Å². The number of ether oxygens (including phenoxy) is 2. The summed E-state index contributed by atoms with van der Waals surface area (Å²) in [6, 6.07) is 5.23. The second-order valence-electron chi connectivity index (χ2n) is 5.06. The van der Waals surface area contributed by atoms with Crippen molar-refractivity contribution in [2.24, 2.45) is 0 Å². The molecule has 0 saturated carbocycles. The Kier molecular flexibility index (Phi) is 3.25. The van der Waals surface area contributed by atoms with Gasteiger partial charge in [-0.15, -0.1) is 11.3 Å². The van der Waals surface area contributed by atoms with E-state index < -0.39 is 23.4 Å². The minimum atomic E-state index is -1.36. The number of carboxylic acids is 1. The highest BCUT2D eigenvalue weighted by molar-refractivity contribution is 7.16. The van der Waals surface area contributed by atoms with Gasteiger partial charge in [-0.05, 0) is 18.2 Å². The van der Waals surface area contributed by atoms with Crippen LogP contribution in [0.4, 0.5) is 5.69 Å². The molecule has 0 aliphatic carbocycles. The van der Waals surface area contributed by atoms with E-state index in [0.717, 1.165) is 10.2 Å². The second-order valence-corrected chi connectivity index (χ2v) is 5.94. The van der Waals surface area contributed by atoms with Crippen molar-refractivity contribution in [3.8, 4) is 0 Å². The van der Waals surface area contributed by atoms with Crippen molar-refractivity contribution in [1.29, 1.82) is 0 Å². The molecule has 7 nitrogen and oxygen atoms in total. The lowest BCUT2D eigenvalue weighted by molar-refractivity contribution is -0.151. The first kappa shape index (κ1) is 14.3. The molecule has 0 bridgehead atoms. The summed E-state index contributed by atoms with van der Waals surface area (Å²) < 4.78 is 11.4. The molecule has 0 unspecified atom stereocenters. The zero-order valence-corrected chi connectivity index (χ0v) is 12.6. The molecule has 0 atom stereocenters. The Morgan fingerprint density at radius 3 is 2.73 bits per heavy atom. The van der Waals surface area contributed by atoms with Crippen molar-refractivity contribution in [2.75, 3.05) is 5.32 Å². The third-order valence-corrected chi connectivity index (χ3v) is 3.70. The van der Waals surface area contributed by atoms with Gasteiger partial charge in [-0.3, -0.25) is 4.79 Å². The highest BCUT2D eigenvalue weighted by Crippen LogP contribution is 2.31. The smallest absolute Gasteiger partial charge is 0.375 e. The molecular formula is C14H12N2O5S. The number of amides is 1. The van der Waals surface area contributed by atoms with E-state index in [1.165, 1.54) is 25.2 Å². The molecule has 1 aromatic heterocycles. The second kappa shape index (κ2) is 4.99. The average Bonchev–Trinajstić information content (AvgIpc) is 3.01. The molecule has 1 aliphatic heterocycles. The fourth-order valence-corrected chi connectivity index (χ4v) is 2.68. The maximum Gasteiger partial charge on any atom is 0.375 e. The molecule has 2 heterocycles. The van der Waals surface area contributed by atoms with E-state index in [-0.39, 0.29) is 5.76 Å². The summed E-state index contributed by atoms with van der Waals surface area (Å²) in [4.78, 5) is 27.5. The number of aliphatic carboxylic acids is 1. The molecule has 0 radical (unpaired) electrons. The zero-order valence-electron chi connectivity index (χ0n) is 11.7. The van der Waals surface area contributed by atoms with Gasteiger partial charge in [0, 0.05) is 19.5 Å². The van der Waals surface area contributed by atoms with Crippen LogP contribution in [0.5, 0.6) is 0 Å². The summed E-state index contributed by atoms with van der Waals surface area (Å²) in [7, 11) is 0. The predicted octanol–water partition coefficient (Wildman–Crippen LogP) is 2.31. The Bertz CT molecular complexity index is 808. The number of anilines is 1. The number of carbonyl (C=O) groups is 2. The molecule has 0 saturated heterocycles. The van der Waals surface area contributed by atoms with Crippen LogP contribution in [0, 0.1) is 0 Å². The molecule has 1 amide bonds. The minimum Gasteiger partial charge on any atom is -0.475 e. The highest BCUT2D eigenvalue weighted by Gasteiger charge is 2.41. The van der Waals surface area contributed by atoms with Crippen LogP contribution in [0.15, 0.2) is 35.2 Å². The van der Waals surface area contributed by atoms with Gasteiger partial charge >= 0.3 is 5.97 Å². The number of hydrogen-bond donors (Lipinski definition) is 2. The Balaban J connectivity index is 1.86. The van der Waals surface area contributed by atoms with E-state index >= 15 is 0 Å². The van der Waals surface area contributed by atoms with E-state index in [9.17, 15) is 9.59 Å². The van der Waals surface area contributed by atoms with Crippen molar-refractivity contribution in [1.82, 2.24) is 4.98 Å². The molecule has 0 spiro atoms. The predicted molar refractivity (Wildman–Crippen MR) is 79.2 cm³/mol. The van der Waals surface area contributed by atoms with Crippen molar-refractivity contribution >= 4 is 39.1 Å². The summed E-state index contributed by atoms with van der Waals surface area (Å²) in [6.07, 6.45) is 0. The first-order chi connectivity index (χ1) is 10.4. The monoisotopic (exact) mass is 320 g/mol. The SMILES string of the molecule is CC1(C)OC(C(=O)O)=C(C(=O)Nc2ccc3scnc3c2)O1. The van der Waals surface area contributed by atoms with Gasteiger partial charge in [0.2, 0.25) is 11.5 Å². The topological polar surface area (TPSA) is 97.8 Å². The number of nitrogens with zero attached hydrogens (tertiary/aromatic N) is 1. The van der Waals surface area contributed by atoms with Crippen molar-refractivity contribution < 1.29 is 24.2 Å². The van der Waals surface area contributed by atoms with E-state index in [1.54, 1.807) is 17.6 Å². The fourth-order valence-electron chi connectivity index (χ4n) is 2.02. The standard InChI is InChI=1S/C14H12N2O5S/c1-14(2)20-10(11(21-14)13(18)19)12(17)16-7-3-4-9-8(5-7)15-6-22-9/h3-6H,1-2H3,(H,16,17)(H,18,19). The maximum absolute atomic E-state index is 12.2. The number of aromatic nitrogens is 1. The van der Waals surface area contributed by atoms with E-state index in [0.29, 0.717) is 5.69 Å². The highest BCUT2D eigenvalue weighted by atomic mass is 32.1. The number of fused-ring (bicyclic) bond motifs is 1. The van der Waals surface area contributed by atoms with Gasteiger partial charge in [0.05, 0.1) is 15.7 Å². The number of hydrogen-bond acceptors (Lipinski definition) is 6. The first-order valence-corrected chi connectivity index (χ1v) is 7.24. The van der Waals surface area contributed by atoms with E-state index in [1.807, 2.05) is 6.07 Å². The van der Waals surface area contributed by atoms with Gasteiger partial charge in [0.15, 0.2) is 0 Å². The summed E-state index contributed by atoms with van der Waals surface area (Å²) in [5.74, 6) is -4.09. The molecule has 0 fully saturated rings. The fraction of sp³-hybridized carbons (Fsp3) is 0.214. The number of carboxylic acid groups (broad SMARTS) is 1. The van der Waals surface area contributed by atoms with Crippen LogP contribution in [-0.4, -0.2) is 27.8 Å². The molecule has 2 N–H and O–H groups in total. The van der Waals surface area contributed by atoms with Crippen molar-refractivity contribution in [2.45, 2.75) is 19.6 Å². The maximum atomic E-state index is 12.2. The van der Waals surface area contributed by atoms with Gasteiger partial charge in [-0.25, -0.2) is 9.78 Å². The number of nitrogens with one attached hydrogen (secondary N) is 1. The molecule has 2 aromatic rings. The Morgan fingerprint density at radius 1 is 1.27 bits per heavy atom. The van der Waals surface area contributed by atoms with Gasteiger partial charge in [0.1, 0.15) is 0 Å². The van der Waals surface area contributed by atoms with Crippen molar-refractivity contribution in [3.63, 3.8) is 0 Å². The molecule has 1 aliphatic rings. The van der Waals surface area contributed by atoms with Gasteiger partial charge in [0.25, 0.3) is 11.7 Å². The van der Waals surface area contributed by atoms with Crippen molar-refractivity contribution in [3.05, 3.63) is 35.2 Å². The lowest BCUT2D eigenvalue weighted by atomic mass is 10.3. The summed E-state index contributed by atoms with van der Waals surface area (Å²) >= 11 is 1.49. The first-order valence-electron chi connectivity index (χ1n) is 6.36. The molecular weight excluding hydrogens is 308 g/mol. The number of thiazole rings is 1. The summed E-state index contributed by atoms with van der Waals surface area (Å²) in [6.45, 7) is 3.05. The van der Waals surface area contributed by atoms with E-state index in [2.05, 4.69) is 10.3 Å². The number of rotatable bonds is 3. The number of benzene rings is 1. The molecule has 22 heavy (non-hydrogen) atoms. The van der Waals surface area contributed by atoms with Gasteiger partial charge < -0.3 is 19.9 Å². The third-order valence-electron chi connectivity index (χ3n) is 2.89. The Hall–Kier alpha value is -2.61. The van der Waals surface area contributed by atoms with Crippen LogP contribution in [-0.2, 0) is 19.1 Å². The summed E-state index contributed by atoms with van der Waals surface area (Å²) in [5, 5.41) is 11.7. The van der Waals surface area contributed by atoms with Crippen LogP contribution >= 0.6 is 11.3 Å². The summed E-state index contributed by atoms with van der Waals surface area (Å²) in [5.41, 5.74) is 2.95. The number of carbonyl (C=O) groups excluding carboxylic acids is 1. The Labute approximate surface area is 129 Å². The normalized spacial score (nSPS) is 16.3. The third kappa shape index (κ3) is 2.60. The van der Waals surface area contributed by atoms with Crippen LogP contribution in [0.25, 0.3) is 10.2 Å². The quantitative estimate of drug-likeness (QED) is 0.900.